The third kappa shape index (κ3) is 0.937. The minimum atomic E-state index is -0.00991. The van der Waals surface area contributed by atoms with Crippen LogP contribution in [0.25, 0.3) is 0 Å². The first-order valence-electron chi connectivity index (χ1n) is 6.94. The Morgan fingerprint density at radius 3 is 2.94 bits per heavy atom. The van der Waals surface area contributed by atoms with Gasteiger partial charge in [-0.1, -0.05) is 19.9 Å². The summed E-state index contributed by atoms with van der Waals surface area (Å²) in [5, 5.41) is 0. The molecule has 3 aliphatic carbocycles. The second kappa shape index (κ2) is 2.78. The van der Waals surface area contributed by atoms with Gasteiger partial charge in [-0.05, 0) is 42.9 Å². The highest BCUT2D eigenvalue weighted by atomic mass is 16.5. The van der Waals surface area contributed by atoms with E-state index >= 15 is 0 Å². The fourth-order valence-corrected chi connectivity index (χ4v) is 5.58. The molecule has 2 heteroatoms. The van der Waals surface area contributed by atoms with E-state index in [4.69, 9.17) is 4.74 Å². The van der Waals surface area contributed by atoms with Crippen molar-refractivity contribution in [2.75, 3.05) is 6.61 Å². The Hall–Kier alpha value is -0.790. The second-order valence-corrected chi connectivity index (χ2v) is 7.04. The molecule has 2 bridgehead atoms. The van der Waals surface area contributed by atoms with Crippen LogP contribution in [-0.2, 0) is 9.53 Å². The maximum atomic E-state index is 12.1. The van der Waals surface area contributed by atoms with Crippen LogP contribution < -0.4 is 0 Å². The number of carbonyl (C=O) groups is 1. The zero-order valence-corrected chi connectivity index (χ0v) is 10.7. The summed E-state index contributed by atoms with van der Waals surface area (Å²) >= 11 is 0. The lowest BCUT2D eigenvalue weighted by molar-refractivity contribution is -0.149. The smallest absolute Gasteiger partial charge is 0.334 e. The minimum Gasteiger partial charge on any atom is -0.462 e. The fourth-order valence-electron chi connectivity index (χ4n) is 5.58. The molecule has 92 valence electrons. The van der Waals surface area contributed by atoms with Gasteiger partial charge < -0.3 is 4.74 Å². The minimum absolute atomic E-state index is 0.00991. The quantitative estimate of drug-likeness (QED) is 0.600. The van der Waals surface area contributed by atoms with Gasteiger partial charge in [-0.25, -0.2) is 4.79 Å². The van der Waals surface area contributed by atoms with E-state index in [0.29, 0.717) is 23.9 Å². The van der Waals surface area contributed by atoms with Gasteiger partial charge in [0.15, 0.2) is 0 Å². The van der Waals surface area contributed by atoms with Crippen LogP contribution in [0.5, 0.6) is 0 Å². The zero-order valence-electron chi connectivity index (χ0n) is 10.7. The number of carbonyl (C=O) groups excluding carboxylic acids is 1. The summed E-state index contributed by atoms with van der Waals surface area (Å²) in [5.41, 5.74) is 1.67. The molecule has 1 heterocycles. The standard InChI is InChI=1S/C15H20O2/c1-14(2)9-3-5-11-13(16)17-8-10-4-6-12(14)15(10,11)7-9/h5,9-10,12H,3-4,6-8H2,1-2H3/t9-,10+,12+,15+/m1/s1. The third-order valence-corrected chi connectivity index (χ3v) is 6.43. The van der Waals surface area contributed by atoms with E-state index in [1.807, 2.05) is 0 Å². The highest BCUT2D eigenvalue weighted by Gasteiger charge is 2.68. The molecule has 0 unspecified atom stereocenters. The van der Waals surface area contributed by atoms with E-state index < -0.39 is 0 Å². The average molecular weight is 232 g/mol. The Kier molecular flexibility index (Phi) is 1.66. The number of hydrogen-bond acceptors (Lipinski definition) is 2. The first-order chi connectivity index (χ1) is 8.07. The molecule has 3 fully saturated rings. The molecule has 0 amide bonds. The Balaban J connectivity index is 1.93. The van der Waals surface area contributed by atoms with Crippen LogP contribution in [0, 0.1) is 28.6 Å². The monoisotopic (exact) mass is 232 g/mol. The molecule has 4 rings (SSSR count). The molecule has 1 spiro atoms. The lowest BCUT2D eigenvalue weighted by Crippen LogP contribution is -2.43. The molecule has 2 saturated carbocycles. The first-order valence-corrected chi connectivity index (χ1v) is 6.94. The molecule has 4 aliphatic rings. The van der Waals surface area contributed by atoms with E-state index in [-0.39, 0.29) is 11.4 Å². The Bertz CT molecular complexity index is 434. The number of rotatable bonds is 0. The Morgan fingerprint density at radius 2 is 2.12 bits per heavy atom. The summed E-state index contributed by atoms with van der Waals surface area (Å²) in [6.45, 7) is 5.53. The van der Waals surface area contributed by atoms with Crippen molar-refractivity contribution in [1.29, 1.82) is 0 Å². The summed E-state index contributed by atoms with van der Waals surface area (Å²) in [6.07, 6.45) is 7.10. The van der Waals surface area contributed by atoms with Gasteiger partial charge in [-0.15, -0.1) is 0 Å². The predicted molar refractivity (Wildman–Crippen MR) is 64.2 cm³/mol. The van der Waals surface area contributed by atoms with Gasteiger partial charge in [0.2, 0.25) is 0 Å². The van der Waals surface area contributed by atoms with Crippen molar-refractivity contribution in [2.45, 2.75) is 39.5 Å². The van der Waals surface area contributed by atoms with E-state index in [0.717, 1.165) is 17.9 Å². The molecule has 0 aromatic rings. The van der Waals surface area contributed by atoms with Crippen molar-refractivity contribution in [1.82, 2.24) is 0 Å². The molecule has 0 N–H and O–H groups in total. The van der Waals surface area contributed by atoms with Crippen LogP contribution in [0.1, 0.15) is 39.5 Å². The molecular formula is C15H20O2. The summed E-state index contributed by atoms with van der Waals surface area (Å²) in [6, 6.07) is 0. The maximum Gasteiger partial charge on any atom is 0.334 e. The Morgan fingerprint density at radius 1 is 1.29 bits per heavy atom. The van der Waals surface area contributed by atoms with Gasteiger partial charge in [0, 0.05) is 16.9 Å². The molecule has 2 nitrogen and oxygen atoms in total. The van der Waals surface area contributed by atoms with Gasteiger partial charge in [-0.2, -0.15) is 0 Å². The van der Waals surface area contributed by atoms with E-state index in [2.05, 4.69) is 19.9 Å². The molecule has 0 aromatic heterocycles. The van der Waals surface area contributed by atoms with Gasteiger partial charge in [0.1, 0.15) is 0 Å². The molecule has 17 heavy (non-hydrogen) atoms. The SMILES string of the molecule is CC1(C)[C@@H]2CC=C3C(=O)OC[C@@H]4CC[C@@H]1[C@]34C2. The maximum absolute atomic E-state index is 12.1. The van der Waals surface area contributed by atoms with Crippen molar-refractivity contribution in [3.05, 3.63) is 11.6 Å². The van der Waals surface area contributed by atoms with Crippen LogP contribution in [0.2, 0.25) is 0 Å². The molecular weight excluding hydrogens is 212 g/mol. The zero-order chi connectivity index (χ0) is 11.8. The molecule has 0 radical (unpaired) electrons. The lowest BCUT2D eigenvalue weighted by Gasteiger charge is -2.43. The van der Waals surface area contributed by atoms with E-state index in [1.165, 1.54) is 19.3 Å². The summed E-state index contributed by atoms with van der Waals surface area (Å²) < 4.78 is 5.38. The van der Waals surface area contributed by atoms with Gasteiger partial charge in [0.05, 0.1) is 6.61 Å². The highest BCUT2D eigenvalue weighted by Crippen LogP contribution is 2.72. The summed E-state index contributed by atoms with van der Waals surface area (Å²) in [5.74, 6) is 2.10. The normalized spacial score (nSPS) is 49.6. The number of hydrogen-bond donors (Lipinski definition) is 0. The Labute approximate surface area is 102 Å². The molecule has 4 atom stereocenters. The highest BCUT2D eigenvalue weighted by molar-refractivity contribution is 5.91. The van der Waals surface area contributed by atoms with Crippen LogP contribution in [-0.4, -0.2) is 12.6 Å². The van der Waals surface area contributed by atoms with Crippen LogP contribution in [0.4, 0.5) is 0 Å². The van der Waals surface area contributed by atoms with E-state index in [9.17, 15) is 4.79 Å². The molecule has 1 saturated heterocycles. The number of fused-ring (bicyclic) bond motifs is 1. The number of ether oxygens (including phenoxy) is 1. The van der Waals surface area contributed by atoms with Crippen molar-refractivity contribution in [3.63, 3.8) is 0 Å². The number of cyclic esters (lactones) is 1. The van der Waals surface area contributed by atoms with Gasteiger partial charge >= 0.3 is 5.97 Å². The summed E-state index contributed by atoms with van der Waals surface area (Å²) in [7, 11) is 0. The molecule has 1 aliphatic heterocycles. The van der Waals surface area contributed by atoms with Gasteiger partial charge in [0.25, 0.3) is 0 Å². The first kappa shape index (κ1) is 10.2. The third-order valence-electron chi connectivity index (χ3n) is 6.43. The predicted octanol–water partition coefficient (Wildman–Crippen LogP) is 2.93. The van der Waals surface area contributed by atoms with Crippen LogP contribution in [0.3, 0.4) is 0 Å². The van der Waals surface area contributed by atoms with Crippen LogP contribution >= 0.6 is 0 Å². The second-order valence-electron chi connectivity index (χ2n) is 7.04. The lowest BCUT2D eigenvalue weighted by atomic mass is 9.64. The topological polar surface area (TPSA) is 26.3 Å². The van der Waals surface area contributed by atoms with Crippen molar-refractivity contribution in [3.8, 4) is 0 Å². The number of esters is 1. The average Bonchev–Trinajstić information content (AvgIpc) is 2.72. The van der Waals surface area contributed by atoms with Crippen molar-refractivity contribution in [2.24, 2.45) is 28.6 Å². The van der Waals surface area contributed by atoms with Crippen molar-refractivity contribution >= 4 is 5.97 Å². The van der Waals surface area contributed by atoms with Crippen LogP contribution in [0.15, 0.2) is 11.6 Å². The van der Waals surface area contributed by atoms with E-state index in [1.54, 1.807) is 0 Å². The van der Waals surface area contributed by atoms with Gasteiger partial charge in [-0.3, -0.25) is 0 Å². The molecule has 0 aromatic carbocycles. The number of allylic oxidation sites excluding steroid dienone is 1. The summed E-state index contributed by atoms with van der Waals surface area (Å²) in [4.78, 5) is 12.1. The fraction of sp³-hybridized carbons (Fsp3) is 0.800. The largest absolute Gasteiger partial charge is 0.462 e. The van der Waals surface area contributed by atoms with Crippen molar-refractivity contribution < 1.29 is 9.53 Å².